The zero-order valence-electron chi connectivity index (χ0n) is 24.6. The summed E-state index contributed by atoms with van der Waals surface area (Å²) in [6.07, 6.45) is 8.35. The third-order valence-electron chi connectivity index (χ3n) is 7.46. The van der Waals surface area contributed by atoms with Gasteiger partial charge in [-0.15, -0.1) is 17.9 Å². The summed E-state index contributed by atoms with van der Waals surface area (Å²) in [5, 5.41) is 5.29. The normalized spacial score (nSPS) is 14.2. The van der Waals surface area contributed by atoms with Crippen molar-refractivity contribution in [3.8, 4) is 11.1 Å². The van der Waals surface area contributed by atoms with E-state index in [1.807, 2.05) is 57.3 Å². The monoisotopic (exact) mass is 587 g/mol. The van der Waals surface area contributed by atoms with Gasteiger partial charge in [0.25, 0.3) is 5.91 Å². The third-order valence-corrected chi connectivity index (χ3v) is 8.61. The van der Waals surface area contributed by atoms with E-state index in [0.717, 1.165) is 45.0 Å². The number of hydrogen-bond donors (Lipinski definition) is 0. The molecule has 1 atom stereocenters. The zero-order valence-corrected chi connectivity index (χ0v) is 25.4. The second kappa shape index (κ2) is 12.7. The van der Waals surface area contributed by atoms with Crippen LogP contribution < -0.4 is 4.90 Å². The second-order valence-corrected chi connectivity index (χ2v) is 13.1. The van der Waals surface area contributed by atoms with Gasteiger partial charge in [-0.25, -0.2) is 9.97 Å². The van der Waals surface area contributed by atoms with Gasteiger partial charge in [0.2, 0.25) is 5.89 Å². The van der Waals surface area contributed by atoms with E-state index in [1.165, 1.54) is 12.8 Å². The van der Waals surface area contributed by atoms with Gasteiger partial charge in [-0.2, -0.15) is 4.98 Å². The van der Waals surface area contributed by atoms with Crippen LogP contribution in [0.1, 0.15) is 75.5 Å². The predicted octanol–water partition coefficient (Wildman–Crippen LogP) is 7.99. The van der Waals surface area contributed by atoms with Gasteiger partial charge in [0.1, 0.15) is 0 Å². The maximum absolute atomic E-state index is 13.5. The zero-order chi connectivity index (χ0) is 29.9. The average molecular weight is 588 g/mol. The average Bonchev–Trinajstić information content (AvgIpc) is 3.55. The molecule has 1 amide bonds. The summed E-state index contributed by atoms with van der Waals surface area (Å²) in [5.74, 6) is 1.60. The Kier molecular flexibility index (Phi) is 8.96. The number of anilines is 1. The number of nitrogens with zero attached hydrogens (tertiary/aromatic N) is 5. The molecule has 0 N–H and O–H groups in total. The molecule has 4 aromatic rings. The summed E-state index contributed by atoms with van der Waals surface area (Å²) >= 11 is 1.71. The third kappa shape index (κ3) is 7.01. The minimum Gasteiger partial charge on any atom is -0.339 e. The summed E-state index contributed by atoms with van der Waals surface area (Å²) in [4.78, 5) is 29.1. The van der Waals surface area contributed by atoms with Crippen LogP contribution in [0.2, 0.25) is 0 Å². The number of carbonyl (C=O) groups excluding carboxylic acids is 1. The van der Waals surface area contributed by atoms with Gasteiger partial charge in [0.05, 0.1) is 16.4 Å². The summed E-state index contributed by atoms with van der Waals surface area (Å²) in [7, 11) is 0. The van der Waals surface area contributed by atoms with Gasteiger partial charge >= 0.3 is 0 Å². The molecule has 0 aliphatic heterocycles. The van der Waals surface area contributed by atoms with Crippen molar-refractivity contribution < 1.29 is 13.7 Å². The number of amides is 1. The molecule has 1 aliphatic rings. The van der Waals surface area contributed by atoms with Crippen molar-refractivity contribution in [1.29, 1.82) is 0 Å². The van der Waals surface area contributed by atoms with Crippen LogP contribution in [0.15, 0.2) is 65.9 Å². The lowest BCUT2D eigenvalue weighted by atomic mass is 9.97. The lowest BCUT2D eigenvalue weighted by Crippen LogP contribution is -2.36. The lowest BCUT2D eigenvalue weighted by Gasteiger charge is -2.27. The van der Waals surface area contributed by atoms with Crippen molar-refractivity contribution in [2.45, 2.75) is 70.6 Å². The van der Waals surface area contributed by atoms with Crippen molar-refractivity contribution in [3.63, 3.8) is 0 Å². The molecule has 220 valence electrons. The number of aryl methyl sites for hydroxylation is 1. The molecular weight excluding hydrogens is 549 g/mol. The number of fused-ring (bicyclic) bond motifs is 1. The van der Waals surface area contributed by atoms with E-state index in [-0.39, 0.29) is 29.2 Å². The Bertz CT molecular complexity index is 1580. The Morgan fingerprint density at radius 1 is 1.24 bits per heavy atom. The Balaban J connectivity index is 1.34. The number of pyridine rings is 1. The first-order valence-corrected chi connectivity index (χ1v) is 15.4. The molecular formula is C33H38FN5O2S. The van der Waals surface area contributed by atoms with Crippen molar-refractivity contribution in [1.82, 2.24) is 20.1 Å². The van der Waals surface area contributed by atoms with Gasteiger partial charge in [0, 0.05) is 53.7 Å². The standard InChI is InChI=1S/C33H38FN5O2S/c1-6-22(9-7-12-28-36-32(41-38-28)33(3,4)5)20-39(31(40)21(2)15-16-34)26-11-8-10-24(17-26)25-18-27-29(35-19-25)37-30(42-27)23-13-14-23/h6,8,10-11,17-19,22-23H,1-2,7,9,12-16,20H2,3-5H3. The highest BCUT2D eigenvalue weighted by Crippen LogP contribution is 2.43. The number of benzene rings is 1. The predicted molar refractivity (Wildman–Crippen MR) is 167 cm³/mol. The van der Waals surface area contributed by atoms with E-state index in [2.05, 4.69) is 34.3 Å². The van der Waals surface area contributed by atoms with E-state index in [1.54, 1.807) is 16.2 Å². The Morgan fingerprint density at radius 3 is 2.74 bits per heavy atom. The first-order valence-electron chi connectivity index (χ1n) is 14.5. The first kappa shape index (κ1) is 29.8. The van der Waals surface area contributed by atoms with Crippen molar-refractivity contribution >= 4 is 33.3 Å². The van der Waals surface area contributed by atoms with E-state index < -0.39 is 6.67 Å². The number of hydrogen-bond acceptors (Lipinski definition) is 7. The van der Waals surface area contributed by atoms with Gasteiger partial charge < -0.3 is 9.42 Å². The van der Waals surface area contributed by atoms with Crippen LogP contribution in [0.3, 0.4) is 0 Å². The van der Waals surface area contributed by atoms with Crippen molar-refractivity contribution in [2.75, 3.05) is 18.1 Å². The summed E-state index contributed by atoms with van der Waals surface area (Å²) in [6.45, 7) is 13.8. The van der Waals surface area contributed by atoms with E-state index >= 15 is 0 Å². The molecule has 1 aromatic carbocycles. The Hall–Kier alpha value is -3.72. The minimum absolute atomic E-state index is 0.000764. The van der Waals surface area contributed by atoms with Crippen LogP contribution in [0.25, 0.3) is 21.5 Å². The highest BCUT2D eigenvalue weighted by atomic mass is 32.1. The second-order valence-electron chi connectivity index (χ2n) is 12.0. The number of thiazole rings is 1. The minimum atomic E-state index is -0.631. The molecule has 1 aliphatic carbocycles. The molecule has 1 unspecified atom stereocenters. The molecule has 9 heteroatoms. The Morgan fingerprint density at radius 2 is 2.05 bits per heavy atom. The fourth-order valence-electron chi connectivity index (χ4n) is 4.77. The van der Waals surface area contributed by atoms with E-state index in [9.17, 15) is 9.18 Å². The molecule has 0 bridgehead atoms. The number of halogens is 1. The van der Waals surface area contributed by atoms with Crippen molar-refractivity contribution in [2.24, 2.45) is 5.92 Å². The van der Waals surface area contributed by atoms with E-state index in [0.29, 0.717) is 30.6 Å². The van der Waals surface area contributed by atoms with Crippen LogP contribution in [-0.4, -0.2) is 39.2 Å². The Labute approximate surface area is 250 Å². The fraction of sp³-hybridized carbons (Fsp3) is 0.424. The maximum atomic E-state index is 13.5. The molecule has 3 heterocycles. The smallest absolute Gasteiger partial charge is 0.253 e. The first-order chi connectivity index (χ1) is 20.2. The highest BCUT2D eigenvalue weighted by molar-refractivity contribution is 7.18. The summed E-state index contributed by atoms with van der Waals surface area (Å²) in [5.41, 5.74) is 3.45. The van der Waals surface area contributed by atoms with Crippen molar-refractivity contribution in [3.05, 3.63) is 78.1 Å². The lowest BCUT2D eigenvalue weighted by molar-refractivity contribution is -0.115. The molecule has 0 radical (unpaired) electrons. The number of rotatable bonds is 13. The molecule has 1 fully saturated rings. The molecule has 0 spiro atoms. The molecule has 42 heavy (non-hydrogen) atoms. The van der Waals surface area contributed by atoms with E-state index in [4.69, 9.17) is 9.51 Å². The van der Waals surface area contributed by atoms with Gasteiger partial charge in [0.15, 0.2) is 11.5 Å². The van der Waals surface area contributed by atoms with Crippen LogP contribution in [0.5, 0.6) is 0 Å². The largest absolute Gasteiger partial charge is 0.339 e. The summed E-state index contributed by atoms with van der Waals surface area (Å²) in [6, 6.07) is 9.95. The van der Waals surface area contributed by atoms with Crippen LogP contribution in [0.4, 0.5) is 10.1 Å². The highest BCUT2D eigenvalue weighted by Gasteiger charge is 2.27. The number of carbonyl (C=O) groups is 1. The summed E-state index contributed by atoms with van der Waals surface area (Å²) < 4.78 is 19.7. The van der Waals surface area contributed by atoms with Crippen LogP contribution in [0, 0.1) is 5.92 Å². The quantitative estimate of drug-likeness (QED) is 0.116. The van der Waals surface area contributed by atoms with Gasteiger partial charge in [-0.05, 0) is 55.4 Å². The molecule has 1 saturated carbocycles. The van der Waals surface area contributed by atoms with Crippen LogP contribution in [-0.2, 0) is 16.6 Å². The molecule has 7 nitrogen and oxygen atoms in total. The molecule has 0 saturated heterocycles. The SMILES string of the molecule is C=CC(CCCc1noc(C(C)(C)C)n1)CN(C(=O)C(=C)CCF)c1cccc(-c2cnc3nc(C4CC4)sc3c2)c1. The topological polar surface area (TPSA) is 85.0 Å². The maximum Gasteiger partial charge on any atom is 0.253 e. The van der Waals surface area contributed by atoms with Gasteiger partial charge in [-0.1, -0.05) is 50.7 Å². The van der Waals surface area contributed by atoms with Crippen LogP contribution >= 0.6 is 11.3 Å². The number of aromatic nitrogens is 4. The molecule has 5 rings (SSSR count). The van der Waals surface area contributed by atoms with Gasteiger partial charge in [-0.3, -0.25) is 9.18 Å². The molecule has 3 aromatic heterocycles. The fourth-order valence-corrected chi connectivity index (χ4v) is 5.91. The number of alkyl halides is 1.